The molecule has 0 bridgehead atoms. The van der Waals surface area contributed by atoms with Gasteiger partial charge < -0.3 is 9.73 Å². The third kappa shape index (κ3) is 3.18. The highest BCUT2D eigenvalue weighted by Crippen LogP contribution is 2.17. The number of hydrogen-bond donors (Lipinski definition) is 2. The Balaban J connectivity index is 1.86. The molecule has 17 heavy (non-hydrogen) atoms. The van der Waals surface area contributed by atoms with Crippen molar-refractivity contribution in [2.45, 2.75) is 12.6 Å². The molecule has 2 N–H and O–H groups in total. The summed E-state index contributed by atoms with van der Waals surface area (Å²) in [4.78, 5) is 2.14. The van der Waals surface area contributed by atoms with Gasteiger partial charge in [-0.1, -0.05) is 0 Å². The van der Waals surface area contributed by atoms with Crippen LogP contribution in [0, 0.1) is 0 Å². The first-order chi connectivity index (χ1) is 8.27. The lowest BCUT2D eigenvalue weighted by atomic mass is 10.2. The Kier molecular flexibility index (Phi) is 3.95. The van der Waals surface area contributed by atoms with E-state index in [-0.39, 0.29) is 6.04 Å². The van der Waals surface area contributed by atoms with Crippen molar-refractivity contribution >= 4 is 0 Å². The van der Waals surface area contributed by atoms with Crippen LogP contribution in [0.3, 0.4) is 0 Å². The number of hydrogen-bond acceptors (Lipinski definition) is 4. The molecule has 0 fully saturated rings. The minimum atomic E-state index is 0.243. The van der Waals surface area contributed by atoms with Crippen LogP contribution in [-0.2, 0) is 6.54 Å². The maximum Gasteiger partial charge on any atom is 0.122 e. The Bertz CT molecular complexity index is 408. The third-order valence-electron chi connectivity index (χ3n) is 2.71. The summed E-state index contributed by atoms with van der Waals surface area (Å²) in [5.74, 6) is 0.979. The molecule has 0 aliphatic rings. The lowest BCUT2D eigenvalue weighted by Crippen LogP contribution is -2.30. The summed E-state index contributed by atoms with van der Waals surface area (Å²) < 4.78 is 5.44. The Morgan fingerprint density at radius 3 is 2.94 bits per heavy atom. The van der Waals surface area contributed by atoms with Crippen molar-refractivity contribution in [1.29, 1.82) is 0 Å². The van der Waals surface area contributed by atoms with Gasteiger partial charge in [-0.25, -0.2) is 0 Å². The van der Waals surface area contributed by atoms with E-state index in [0.717, 1.165) is 24.5 Å². The highest BCUT2D eigenvalue weighted by molar-refractivity contribution is 5.05. The van der Waals surface area contributed by atoms with E-state index in [4.69, 9.17) is 4.42 Å². The summed E-state index contributed by atoms with van der Waals surface area (Å²) in [6.45, 7) is 1.62. The predicted molar refractivity (Wildman–Crippen MR) is 65.4 cm³/mol. The molecule has 1 unspecified atom stereocenters. The summed E-state index contributed by atoms with van der Waals surface area (Å²) in [7, 11) is 4.09. The maximum absolute atomic E-state index is 5.44. The zero-order valence-electron chi connectivity index (χ0n) is 10.2. The zero-order chi connectivity index (χ0) is 12.1. The first-order valence-corrected chi connectivity index (χ1v) is 5.66. The van der Waals surface area contributed by atoms with Crippen molar-refractivity contribution in [1.82, 2.24) is 20.4 Å². The van der Waals surface area contributed by atoms with Crippen LogP contribution in [0.15, 0.2) is 35.1 Å². The van der Waals surface area contributed by atoms with Crippen LogP contribution >= 0.6 is 0 Å². The lowest BCUT2D eigenvalue weighted by Gasteiger charge is -2.22. The van der Waals surface area contributed by atoms with Gasteiger partial charge in [-0.3, -0.25) is 10.00 Å². The van der Waals surface area contributed by atoms with E-state index in [2.05, 4.69) is 20.4 Å². The first-order valence-electron chi connectivity index (χ1n) is 5.66. The van der Waals surface area contributed by atoms with Gasteiger partial charge in [-0.2, -0.15) is 5.10 Å². The number of nitrogens with one attached hydrogen (secondary N) is 2. The second-order valence-corrected chi connectivity index (χ2v) is 4.21. The summed E-state index contributed by atoms with van der Waals surface area (Å²) >= 11 is 0. The van der Waals surface area contributed by atoms with Gasteiger partial charge in [0, 0.05) is 25.0 Å². The van der Waals surface area contributed by atoms with Gasteiger partial charge >= 0.3 is 0 Å². The number of nitrogens with zero attached hydrogens (tertiary/aromatic N) is 2. The average molecular weight is 234 g/mol. The Morgan fingerprint density at radius 2 is 2.35 bits per heavy atom. The van der Waals surface area contributed by atoms with Gasteiger partial charge in [0.25, 0.3) is 0 Å². The quantitative estimate of drug-likeness (QED) is 0.793. The standard InChI is InChI=1S/C12H18N4O/c1-16(2)11(12-4-3-7-17-12)9-13-8-10-5-6-14-15-10/h3-7,11,13H,8-9H2,1-2H3,(H,14,15). The number of furan rings is 1. The minimum absolute atomic E-state index is 0.243. The fraction of sp³-hybridized carbons (Fsp3) is 0.417. The minimum Gasteiger partial charge on any atom is -0.468 e. The maximum atomic E-state index is 5.44. The molecule has 0 radical (unpaired) electrons. The van der Waals surface area contributed by atoms with E-state index < -0.39 is 0 Å². The fourth-order valence-corrected chi connectivity index (χ4v) is 1.75. The van der Waals surface area contributed by atoms with Gasteiger partial charge in [-0.15, -0.1) is 0 Å². The van der Waals surface area contributed by atoms with E-state index >= 15 is 0 Å². The molecular formula is C12H18N4O. The van der Waals surface area contributed by atoms with Crippen LogP contribution in [0.4, 0.5) is 0 Å². The Hall–Kier alpha value is -1.59. The normalized spacial score (nSPS) is 13.1. The van der Waals surface area contributed by atoms with Crippen molar-refractivity contribution in [3.05, 3.63) is 42.1 Å². The van der Waals surface area contributed by atoms with Crippen LogP contribution in [0.2, 0.25) is 0 Å². The molecule has 0 saturated heterocycles. The fourth-order valence-electron chi connectivity index (χ4n) is 1.75. The molecule has 0 saturated carbocycles. The number of rotatable bonds is 6. The molecule has 0 aliphatic carbocycles. The smallest absolute Gasteiger partial charge is 0.122 e. The number of aromatic nitrogens is 2. The SMILES string of the molecule is CN(C)C(CNCc1ccn[nH]1)c1ccco1. The molecule has 5 nitrogen and oxygen atoms in total. The first kappa shape index (κ1) is 11.9. The van der Waals surface area contributed by atoms with Crippen LogP contribution in [-0.4, -0.2) is 35.7 Å². The molecule has 5 heteroatoms. The van der Waals surface area contributed by atoms with Crippen molar-refractivity contribution in [3.8, 4) is 0 Å². The number of aromatic amines is 1. The third-order valence-corrected chi connectivity index (χ3v) is 2.71. The zero-order valence-corrected chi connectivity index (χ0v) is 10.2. The monoisotopic (exact) mass is 234 g/mol. The van der Waals surface area contributed by atoms with Crippen molar-refractivity contribution in [2.24, 2.45) is 0 Å². The molecule has 2 heterocycles. The summed E-state index contributed by atoms with van der Waals surface area (Å²) in [5, 5.41) is 10.2. The molecule has 2 aromatic rings. The average Bonchev–Trinajstić information content (AvgIpc) is 2.96. The van der Waals surface area contributed by atoms with Crippen LogP contribution < -0.4 is 5.32 Å². The summed E-state index contributed by atoms with van der Waals surface area (Å²) in [5.41, 5.74) is 1.09. The molecule has 0 amide bonds. The lowest BCUT2D eigenvalue weighted by molar-refractivity contribution is 0.250. The van der Waals surface area contributed by atoms with E-state index in [1.807, 2.05) is 32.3 Å². The van der Waals surface area contributed by atoms with Gasteiger partial charge in [0.2, 0.25) is 0 Å². The van der Waals surface area contributed by atoms with Crippen LogP contribution in [0.1, 0.15) is 17.5 Å². The molecular weight excluding hydrogens is 216 g/mol. The number of likely N-dealkylation sites (N-methyl/N-ethyl adjacent to an activating group) is 1. The van der Waals surface area contributed by atoms with Crippen LogP contribution in [0.25, 0.3) is 0 Å². The largest absolute Gasteiger partial charge is 0.468 e. The van der Waals surface area contributed by atoms with Crippen molar-refractivity contribution in [3.63, 3.8) is 0 Å². The summed E-state index contributed by atoms with van der Waals surface area (Å²) in [6.07, 6.45) is 3.47. The highest BCUT2D eigenvalue weighted by atomic mass is 16.3. The van der Waals surface area contributed by atoms with Crippen molar-refractivity contribution in [2.75, 3.05) is 20.6 Å². The topological polar surface area (TPSA) is 57.1 Å². The molecule has 2 rings (SSSR count). The van der Waals surface area contributed by atoms with Crippen molar-refractivity contribution < 1.29 is 4.42 Å². The van der Waals surface area contributed by atoms with Gasteiger partial charge in [0.15, 0.2) is 0 Å². The highest BCUT2D eigenvalue weighted by Gasteiger charge is 2.16. The van der Waals surface area contributed by atoms with E-state index in [1.165, 1.54) is 0 Å². The van der Waals surface area contributed by atoms with E-state index in [1.54, 1.807) is 12.5 Å². The second kappa shape index (κ2) is 5.65. The second-order valence-electron chi connectivity index (χ2n) is 4.21. The van der Waals surface area contributed by atoms with Gasteiger partial charge in [-0.05, 0) is 32.3 Å². The van der Waals surface area contributed by atoms with Gasteiger partial charge in [0.05, 0.1) is 12.3 Å². The van der Waals surface area contributed by atoms with Gasteiger partial charge in [0.1, 0.15) is 5.76 Å². The van der Waals surface area contributed by atoms with Crippen LogP contribution in [0.5, 0.6) is 0 Å². The molecule has 0 aliphatic heterocycles. The molecule has 1 atom stereocenters. The Labute approximate surface area is 101 Å². The molecule has 2 aromatic heterocycles. The summed E-state index contributed by atoms with van der Waals surface area (Å²) in [6, 6.07) is 6.13. The molecule has 0 spiro atoms. The predicted octanol–water partition coefficient (Wildman–Crippen LogP) is 1.40. The molecule has 92 valence electrons. The molecule has 0 aromatic carbocycles. The van der Waals surface area contributed by atoms with E-state index in [0.29, 0.717) is 0 Å². The number of H-pyrrole nitrogens is 1. The Morgan fingerprint density at radius 1 is 1.47 bits per heavy atom. The van der Waals surface area contributed by atoms with E-state index in [9.17, 15) is 0 Å².